The molecule has 2 N–H and O–H groups in total. The smallest absolute Gasteiger partial charge is 0.0662 e. The summed E-state index contributed by atoms with van der Waals surface area (Å²) < 4.78 is 7.43. The molecule has 0 radical (unpaired) electrons. The van der Waals surface area contributed by atoms with Crippen LogP contribution in [-0.2, 0) is 11.3 Å². The average Bonchev–Trinajstić information content (AvgIpc) is 2.88. The first-order chi connectivity index (χ1) is 9.31. The Kier molecular flexibility index (Phi) is 4.98. The molecule has 2 aromatic rings. The van der Waals surface area contributed by atoms with Crippen molar-refractivity contribution in [3.05, 3.63) is 36.7 Å². The second-order valence-electron chi connectivity index (χ2n) is 4.55. The zero-order valence-corrected chi connectivity index (χ0v) is 11.4. The Hall–Kier alpha value is -1.81. The molecule has 1 heterocycles. The Morgan fingerprint density at radius 3 is 2.89 bits per heavy atom. The molecule has 4 nitrogen and oxygen atoms in total. The number of anilines is 1. The van der Waals surface area contributed by atoms with E-state index in [1.165, 1.54) is 6.42 Å². The molecular formula is C15H21N3O. The lowest BCUT2D eigenvalue weighted by Crippen LogP contribution is -2.06. The van der Waals surface area contributed by atoms with Crippen LogP contribution >= 0.6 is 0 Å². The molecule has 0 fully saturated rings. The number of benzene rings is 1. The maximum atomic E-state index is 5.96. The van der Waals surface area contributed by atoms with E-state index in [0.717, 1.165) is 36.4 Å². The van der Waals surface area contributed by atoms with Gasteiger partial charge in [0.15, 0.2) is 0 Å². The molecule has 0 atom stereocenters. The third kappa shape index (κ3) is 3.83. The number of aromatic nitrogens is 2. The first-order valence-electron chi connectivity index (χ1n) is 6.76. The van der Waals surface area contributed by atoms with Gasteiger partial charge in [0.05, 0.1) is 19.3 Å². The molecule has 0 unspecified atom stereocenters. The van der Waals surface area contributed by atoms with E-state index in [4.69, 9.17) is 10.5 Å². The number of hydrogen-bond donors (Lipinski definition) is 1. The Morgan fingerprint density at radius 2 is 2.11 bits per heavy atom. The average molecular weight is 259 g/mol. The highest BCUT2D eigenvalue weighted by Crippen LogP contribution is 2.24. The highest BCUT2D eigenvalue weighted by atomic mass is 16.5. The minimum absolute atomic E-state index is 0.700. The third-order valence-corrected chi connectivity index (χ3v) is 3.01. The summed E-state index contributed by atoms with van der Waals surface area (Å²) in [6.45, 7) is 4.46. The molecule has 19 heavy (non-hydrogen) atoms. The van der Waals surface area contributed by atoms with Crippen molar-refractivity contribution < 1.29 is 4.74 Å². The van der Waals surface area contributed by atoms with Gasteiger partial charge >= 0.3 is 0 Å². The highest BCUT2D eigenvalue weighted by Gasteiger charge is 2.04. The van der Waals surface area contributed by atoms with Crippen molar-refractivity contribution in [3.8, 4) is 11.1 Å². The van der Waals surface area contributed by atoms with Gasteiger partial charge in [-0.1, -0.05) is 31.5 Å². The van der Waals surface area contributed by atoms with Crippen LogP contribution in [0.3, 0.4) is 0 Å². The number of nitrogens with two attached hydrogens (primary N) is 1. The van der Waals surface area contributed by atoms with E-state index >= 15 is 0 Å². The Labute approximate surface area is 114 Å². The zero-order valence-electron chi connectivity index (χ0n) is 11.4. The summed E-state index contributed by atoms with van der Waals surface area (Å²) in [5, 5.41) is 4.33. The molecule has 0 saturated heterocycles. The summed E-state index contributed by atoms with van der Waals surface area (Å²) in [5.74, 6) is 0. The van der Waals surface area contributed by atoms with E-state index in [0.29, 0.717) is 6.61 Å². The summed E-state index contributed by atoms with van der Waals surface area (Å²) in [6.07, 6.45) is 6.14. The minimum atomic E-state index is 0.700. The predicted octanol–water partition coefficient (Wildman–Crippen LogP) is 2.95. The van der Waals surface area contributed by atoms with E-state index in [1.807, 2.05) is 41.3 Å². The van der Waals surface area contributed by atoms with Crippen LogP contribution in [0.15, 0.2) is 36.7 Å². The molecule has 0 aliphatic carbocycles. The number of nitrogen functional groups attached to an aromatic ring is 1. The minimum Gasteiger partial charge on any atom is -0.398 e. The van der Waals surface area contributed by atoms with Gasteiger partial charge in [0.2, 0.25) is 0 Å². The van der Waals surface area contributed by atoms with Crippen molar-refractivity contribution in [3.63, 3.8) is 0 Å². The number of rotatable bonds is 7. The molecule has 0 amide bonds. The van der Waals surface area contributed by atoms with E-state index < -0.39 is 0 Å². The number of hydrogen-bond acceptors (Lipinski definition) is 3. The number of nitrogens with zero attached hydrogens (tertiary/aromatic N) is 2. The van der Waals surface area contributed by atoms with Gasteiger partial charge in [0.25, 0.3) is 0 Å². The van der Waals surface area contributed by atoms with E-state index in [2.05, 4.69) is 12.0 Å². The maximum Gasteiger partial charge on any atom is 0.0662 e. The zero-order chi connectivity index (χ0) is 13.5. The van der Waals surface area contributed by atoms with Gasteiger partial charge in [0.1, 0.15) is 0 Å². The Balaban J connectivity index is 1.91. The van der Waals surface area contributed by atoms with E-state index in [1.54, 1.807) is 0 Å². The molecule has 0 spiro atoms. The molecule has 0 aliphatic heterocycles. The summed E-state index contributed by atoms with van der Waals surface area (Å²) in [6, 6.07) is 7.83. The van der Waals surface area contributed by atoms with Gasteiger partial charge in [-0.25, -0.2) is 0 Å². The lowest BCUT2D eigenvalue weighted by atomic mass is 10.1. The summed E-state index contributed by atoms with van der Waals surface area (Å²) >= 11 is 0. The molecule has 4 heteroatoms. The Bertz CT molecular complexity index is 508. The first-order valence-corrected chi connectivity index (χ1v) is 6.76. The second kappa shape index (κ2) is 6.95. The van der Waals surface area contributed by atoms with E-state index in [-0.39, 0.29) is 0 Å². The fraction of sp³-hybridized carbons (Fsp3) is 0.400. The molecule has 1 aromatic carbocycles. The second-order valence-corrected chi connectivity index (χ2v) is 4.55. The molecule has 2 rings (SSSR count). The third-order valence-electron chi connectivity index (χ3n) is 3.01. The van der Waals surface area contributed by atoms with Gasteiger partial charge in [-0.05, 0) is 12.5 Å². The maximum absolute atomic E-state index is 5.96. The van der Waals surface area contributed by atoms with Crippen molar-refractivity contribution >= 4 is 5.69 Å². The van der Waals surface area contributed by atoms with Gasteiger partial charge in [-0.3, -0.25) is 4.68 Å². The fourth-order valence-electron chi connectivity index (χ4n) is 1.89. The van der Waals surface area contributed by atoms with Crippen LogP contribution < -0.4 is 5.73 Å². The van der Waals surface area contributed by atoms with Crippen molar-refractivity contribution in [1.82, 2.24) is 9.78 Å². The first kappa shape index (κ1) is 13.6. The predicted molar refractivity (Wildman–Crippen MR) is 77.8 cm³/mol. The van der Waals surface area contributed by atoms with Gasteiger partial charge < -0.3 is 10.5 Å². The standard InChI is InChI=1S/C15H21N3O/c1-2-3-9-19-10-8-18-12-13(11-17-18)14-6-4-5-7-15(14)16/h4-7,11-12H,2-3,8-10,16H2,1H3. The molecule has 1 aromatic heterocycles. The fourth-order valence-corrected chi connectivity index (χ4v) is 1.89. The van der Waals surface area contributed by atoms with Crippen LogP contribution in [0, 0.1) is 0 Å². The van der Waals surface area contributed by atoms with Gasteiger partial charge in [-0.2, -0.15) is 5.10 Å². The molecule has 0 aliphatic rings. The van der Waals surface area contributed by atoms with Crippen LogP contribution in [0.25, 0.3) is 11.1 Å². The monoisotopic (exact) mass is 259 g/mol. The van der Waals surface area contributed by atoms with Crippen LogP contribution in [0.2, 0.25) is 0 Å². The van der Waals surface area contributed by atoms with Crippen LogP contribution in [-0.4, -0.2) is 23.0 Å². The highest BCUT2D eigenvalue weighted by molar-refractivity contribution is 5.75. The molecular weight excluding hydrogens is 238 g/mol. The number of ether oxygens (including phenoxy) is 1. The largest absolute Gasteiger partial charge is 0.398 e. The molecule has 102 valence electrons. The van der Waals surface area contributed by atoms with Crippen LogP contribution in [0.1, 0.15) is 19.8 Å². The quantitative estimate of drug-likeness (QED) is 0.614. The summed E-state index contributed by atoms with van der Waals surface area (Å²) in [4.78, 5) is 0. The number of para-hydroxylation sites is 1. The topological polar surface area (TPSA) is 53.1 Å². The lowest BCUT2D eigenvalue weighted by Gasteiger charge is -2.03. The SMILES string of the molecule is CCCCOCCn1cc(-c2ccccc2N)cn1. The van der Waals surface area contributed by atoms with Gasteiger partial charge in [0, 0.05) is 29.6 Å². The van der Waals surface area contributed by atoms with Crippen molar-refractivity contribution in [2.24, 2.45) is 0 Å². The lowest BCUT2D eigenvalue weighted by molar-refractivity contribution is 0.121. The van der Waals surface area contributed by atoms with Crippen molar-refractivity contribution in [1.29, 1.82) is 0 Å². The summed E-state index contributed by atoms with van der Waals surface area (Å²) in [7, 11) is 0. The van der Waals surface area contributed by atoms with Crippen molar-refractivity contribution in [2.75, 3.05) is 18.9 Å². The van der Waals surface area contributed by atoms with Crippen LogP contribution in [0.5, 0.6) is 0 Å². The number of unbranched alkanes of at least 4 members (excludes halogenated alkanes) is 1. The molecule has 0 saturated carbocycles. The molecule has 0 bridgehead atoms. The van der Waals surface area contributed by atoms with E-state index in [9.17, 15) is 0 Å². The normalized spacial score (nSPS) is 10.8. The summed E-state index contributed by atoms with van der Waals surface area (Å²) in [5.41, 5.74) is 8.81. The van der Waals surface area contributed by atoms with Gasteiger partial charge in [-0.15, -0.1) is 0 Å². The van der Waals surface area contributed by atoms with Crippen molar-refractivity contribution in [2.45, 2.75) is 26.3 Å². The van der Waals surface area contributed by atoms with Crippen LogP contribution in [0.4, 0.5) is 5.69 Å². The Morgan fingerprint density at radius 1 is 1.26 bits per heavy atom.